The van der Waals surface area contributed by atoms with E-state index < -0.39 is 5.54 Å². The molecule has 0 spiro atoms. The van der Waals surface area contributed by atoms with Gasteiger partial charge in [-0.3, -0.25) is 14.7 Å². The molecule has 0 N–H and O–H groups in total. The van der Waals surface area contributed by atoms with Crippen molar-refractivity contribution in [2.24, 2.45) is 5.92 Å². The summed E-state index contributed by atoms with van der Waals surface area (Å²) in [4.78, 5) is 19.2. The second kappa shape index (κ2) is 5.92. The number of hydrogen-bond donors (Lipinski definition) is 0. The van der Waals surface area contributed by atoms with Gasteiger partial charge in [0.2, 0.25) is 0 Å². The number of methoxy groups -OCH3 is 1. The van der Waals surface area contributed by atoms with Gasteiger partial charge in [-0.2, -0.15) is 0 Å². The SMILES string of the molecule is COc1cncc(C(=O)C2(N(C)C)CCCC(C)C2)c1. The number of carbonyl (C=O) groups is 1. The van der Waals surface area contributed by atoms with Gasteiger partial charge in [-0.25, -0.2) is 0 Å². The summed E-state index contributed by atoms with van der Waals surface area (Å²) < 4.78 is 5.18. The van der Waals surface area contributed by atoms with E-state index in [0.29, 0.717) is 17.2 Å². The van der Waals surface area contributed by atoms with Crippen molar-refractivity contribution in [1.29, 1.82) is 0 Å². The fourth-order valence-electron chi connectivity index (χ4n) is 3.26. The zero-order valence-electron chi connectivity index (χ0n) is 12.8. The molecule has 4 nitrogen and oxygen atoms in total. The molecular formula is C16H24N2O2. The highest BCUT2D eigenvalue weighted by molar-refractivity contribution is 6.03. The fraction of sp³-hybridized carbons (Fsp3) is 0.625. The molecule has 1 saturated carbocycles. The van der Waals surface area contributed by atoms with Gasteiger partial charge in [-0.15, -0.1) is 0 Å². The summed E-state index contributed by atoms with van der Waals surface area (Å²) in [5.74, 6) is 1.38. The van der Waals surface area contributed by atoms with Crippen molar-refractivity contribution in [3.63, 3.8) is 0 Å². The maximum atomic E-state index is 13.0. The van der Waals surface area contributed by atoms with Gasteiger partial charge in [0, 0.05) is 11.8 Å². The molecule has 0 aliphatic heterocycles. The largest absolute Gasteiger partial charge is 0.495 e. The molecule has 2 rings (SSSR count). The van der Waals surface area contributed by atoms with Crippen molar-refractivity contribution < 1.29 is 9.53 Å². The van der Waals surface area contributed by atoms with E-state index in [4.69, 9.17) is 4.74 Å². The second-order valence-corrected chi connectivity index (χ2v) is 6.07. The minimum absolute atomic E-state index is 0.167. The Morgan fingerprint density at radius 1 is 1.45 bits per heavy atom. The molecule has 0 aromatic carbocycles. The van der Waals surface area contributed by atoms with Crippen LogP contribution in [0.25, 0.3) is 0 Å². The molecule has 1 fully saturated rings. The van der Waals surface area contributed by atoms with Gasteiger partial charge in [-0.1, -0.05) is 19.8 Å². The summed E-state index contributed by atoms with van der Waals surface area (Å²) in [6.07, 6.45) is 7.41. The molecule has 1 heterocycles. The number of pyridine rings is 1. The highest BCUT2D eigenvalue weighted by Crippen LogP contribution is 2.38. The van der Waals surface area contributed by atoms with Crippen LogP contribution in [0, 0.1) is 5.92 Å². The van der Waals surface area contributed by atoms with E-state index in [2.05, 4.69) is 16.8 Å². The molecule has 2 unspecified atom stereocenters. The number of aromatic nitrogens is 1. The van der Waals surface area contributed by atoms with Crippen molar-refractivity contribution in [2.75, 3.05) is 21.2 Å². The lowest BCUT2D eigenvalue weighted by Crippen LogP contribution is -2.53. The Balaban J connectivity index is 2.36. The van der Waals surface area contributed by atoms with Crippen LogP contribution in [0.2, 0.25) is 0 Å². The van der Waals surface area contributed by atoms with Gasteiger partial charge in [0.25, 0.3) is 0 Å². The summed E-state index contributed by atoms with van der Waals surface area (Å²) in [6, 6.07) is 1.79. The first-order valence-corrected chi connectivity index (χ1v) is 7.21. The number of nitrogens with zero attached hydrogens (tertiary/aromatic N) is 2. The van der Waals surface area contributed by atoms with Crippen LogP contribution in [0.3, 0.4) is 0 Å². The molecule has 2 atom stereocenters. The van der Waals surface area contributed by atoms with Crippen molar-refractivity contribution >= 4 is 5.78 Å². The standard InChI is InChI=1S/C16H24N2O2/c1-12-6-5-7-16(9-12,18(2)3)15(19)13-8-14(20-4)11-17-10-13/h8,10-12H,5-7,9H2,1-4H3. The van der Waals surface area contributed by atoms with E-state index in [9.17, 15) is 4.79 Å². The third-order valence-corrected chi connectivity index (χ3v) is 4.46. The molecule has 1 aliphatic rings. The Bertz CT molecular complexity index is 487. The van der Waals surface area contributed by atoms with E-state index in [1.807, 2.05) is 14.1 Å². The van der Waals surface area contributed by atoms with Gasteiger partial charge >= 0.3 is 0 Å². The van der Waals surface area contributed by atoms with Gasteiger partial charge in [0.15, 0.2) is 5.78 Å². The Labute approximate surface area is 121 Å². The van der Waals surface area contributed by atoms with Crippen LogP contribution in [0.1, 0.15) is 43.0 Å². The smallest absolute Gasteiger partial charge is 0.184 e. The molecule has 110 valence electrons. The highest BCUT2D eigenvalue weighted by Gasteiger charge is 2.43. The average Bonchev–Trinajstić information content (AvgIpc) is 2.46. The minimum Gasteiger partial charge on any atom is -0.495 e. The summed E-state index contributed by atoms with van der Waals surface area (Å²) in [6.45, 7) is 2.23. The first kappa shape index (κ1) is 15.0. The van der Waals surface area contributed by atoms with E-state index >= 15 is 0 Å². The van der Waals surface area contributed by atoms with E-state index in [0.717, 1.165) is 19.3 Å². The predicted octanol–water partition coefficient (Wildman–Crippen LogP) is 2.78. The Morgan fingerprint density at radius 2 is 2.20 bits per heavy atom. The lowest BCUT2D eigenvalue weighted by atomic mass is 9.72. The Morgan fingerprint density at radius 3 is 2.80 bits per heavy atom. The maximum absolute atomic E-state index is 13.0. The normalized spacial score (nSPS) is 26.6. The third-order valence-electron chi connectivity index (χ3n) is 4.46. The molecule has 0 amide bonds. The van der Waals surface area contributed by atoms with Crippen LogP contribution in [-0.4, -0.2) is 42.4 Å². The third kappa shape index (κ3) is 2.70. The van der Waals surface area contributed by atoms with Crippen LogP contribution in [0.5, 0.6) is 5.75 Å². The van der Waals surface area contributed by atoms with Crippen molar-refractivity contribution in [1.82, 2.24) is 9.88 Å². The Kier molecular flexibility index (Phi) is 4.43. The molecule has 0 saturated heterocycles. The zero-order chi connectivity index (χ0) is 14.8. The average molecular weight is 276 g/mol. The van der Waals surface area contributed by atoms with Crippen molar-refractivity contribution in [3.8, 4) is 5.75 Å². The van der Waals surface area contributed by atoms with E-state index in [-0.39, 0.29) is 5.78 Å². The van der Waals surface area contributed by atoms with E-state index in [1.165, 1.54) is 6.42 Å². The first-order chi connectivity index (χ1) is 9.49. The number of rotatable bonds is 4. The summed E-state index contributed by atoms with van der Waals surface area (Å²) in [5.41, 5.74) is 0.248. The van der Waals surface area contributed by atoms with Crippen LogP contribution < -0.4 is 4.74 Å². The quantitative estimate of drug-likeness (QED) is 0.793. The highest BCUT2D eigenvalue weighted by atomic mass is 16.5. The molecule has 1 aliphatic carbocycles. The predicted molar refractivity (Wildman–Crippen MR) is 79.2 cm³/mol. The Hall–Kier alpha value is -1.42. The molecule has 0 radical (unpaired) electrons. The monoisotopic (exact) mass is 276 g/mol. The lowest BCUT2D eigenvalue weighted by molar-refractivity contribution is 0.0485. The zero-order valence-corrected chi connectivity index (χ0v) is 12.8. The summed E-state index contributed by atoms with van der Waals surface area (Å²) in [7, 11) is 5.60. The molecule has 1 aromatic rings. The van der Waals surface area contributed by atoms with Crippen molar-refractivity contribution in [3.05, 3.63) is 24.0 Å². The topological polar surface area (TPSA) is 42.4 Å². The molecule has 20 heavy (non-hydrogen) atoms. The van der Waals surface area contributed by atoms with Gasteiger partial charge in [0.05, 0.1) is 18.8 Å². The first-order valence-electron chi connectivity index (χ1n) is 7.21. The van der Waals surface area contributed by atoms with Gasteiger partial charge < -0.3 is 4.74 Å². The molecular weight excluding hydrogens is 252 g/mol. The number of ketones is 1. The lowest BCUT2D eigenvalue weighted by Gasteiger charge is -2.43. The van der Waals surface area contributed by atoms with Gasteiger partial charge in [0.1, 0.15) is 5.75 Å². The number of hydrogen-bond acceptors (Lipinski definition) is 4. The van der Waals surface area contributed by atoms with Crippen LogP contribution in [0.15, 0.2) is 18.5 Å². The van der Waals surface area contributed by atoms with Gasteiger partial charge in [-0.05, 0) is 38.9 Å². The number of ether oxygens (including phenoxy) is 1. The van der Waals surface area contributed by atoms with Crippen LogP contribution >= 0.6 is 0 Å². The van der Waals surface area contributed by atoms with Crippen LogP contribution in [-0.2, 0) is 0 Å². The fourth-order valence-corrected chi connectivity index (χ4v) is 3.26. The summed E-state index contributed by atoms with van der Waals surface area (Å²) >= 11 is 0. The van der Waals surface area contributed by atoms with Crippen LogP contribution in [0.4, 0.5) is 0 Å². The molecule has 0 bridgehead atoms. The molecule has 1 aromatic heterocycles. The minimum atomic E-state index is -0.397. The number of carbonyl (C=O) groups excluding carboxylic acids is 1. The second-order valence-electron chi connectivity index (χ2n) is 6.07. The van der Waals surface area contributed by atoms with E-state index in [1.54, 1.807) is 25.6 Å². The summed E-state index contributed by atoms with van der Waals surface area (Å²) in [5, 5.41) is 0. The maximum Gasteiger partial charge on any atom is 0.184 e. The number of likely N-dealkylation sites (N-methyl/N-ethyl adjacent to an activating group) is 1. The number of Topliss-reactive ketones (excluding diaryl/α,β-unsaturated/α-hetero) is 1. The molecule has 4 heteroatoms. The van der Waals surface area contributed by atoms with Crippen molar-refractivity contribution in [2.45, 2.75) is 38.1 Å².